The van der Waals surface area contributed by atoms with Gasteiger partial charge in [0.25, 0.3) is 0 Å². The fraction of sp³-hybridized carbons (Fsp3) is 0.0667. The fourth-order valence-electron chi connectivity index (χ4n) is 1.96. The summed E-state index contributed by atoms with van der Waals surface area (Å²) in [6.07, 6.45) is 3.29. The van der Waals surface area contributed by atoms with E-state index in [-0.39, 0.29) is 5.95 Å². The first-order valence-corrected chi connectivity index (χ1v) is 7.15. The Hall–Kier alpha value is -2.93. The zero-order chi connectivity index (χ0) is 16.2. The zero-order valence-corrected chi connectivity index (χ0v) is 12.9. The molecular weight excluding hydrogens is 316 g/mol. The molecule has 7 nitrogen and oxygen atoms in total. The molecule has 0 amide bonds. The highest BCUT2D eigenvalue weighted by atomic mass is 35.5. The minimum atomic E-state index is -0.436. The van der Waals surface area contributed by atoms with E-state index in [9.17, 15) is 4.79 Å². The molecule has 23 heavy (non-hydrogen) atoms. The van der Waals surface area contributed by atoms with Gasteiger partial charge in [-0.2, -0.15) is 9.97 Å². The average molecular weight is 329 g/mol. The third kappa shape index (κ3) is 3.29. The van der Waals surface area contributed by atoms with E-state index in [2.05, 4.69) is 25.8 Å². The standard InChI is InChI=1S/C15H13ClN6O/c1-22-13(11-4-2-3-5-12(11)16)18-14(19-15(22)23)21-20-10-6-8-17-9-7-10/h2-9H,1H3,(H,17,20)(H,19,21,23). The molecule has 0 spiro atoms. The quantitative estimate of drug-likeness (QED) is 0.715. The molecule has 0 bridgehead atoms. The molecule has 0 aliphatic carbocycles. The predicted molar refractivity (Wildman–Crippen MR) is 89.2 cm³/mol. The van der Waals surface area contributed by atoms with Crippen LogP contribution in [0.1, 0.15) is 0 Å². The van der Waals surface area contributed by atoms with Crippen molar-refractivity contribution in [1.82, 2.24) is 19.5 Å². The van der Waals surface area contributed by atoms with E-state index in [1.165, 1.54) is 4.57 Å². The summed E-state index contributed by atoms with van der Waals surface area (Å²) < 4.78 is 1.35. The highest BCUT2D eigenvalue weighted by Gasteiger charge is 2.12. The maximum atomic E-state index is 12.0. The second-order valence-corrected chi connectivity index (χ2v) is 5.09. The number of hydrogen-bond donors (Lipinski definition) is 2. The number of rotatable bonds is 4. The van der Waals surface area contributed by atoms with Crippen LogP contribution < -0.4 is 16.5 Å². The van der Waals surface area contributed by atoms with Gasteiger partial charge in [-0.15, -0.1) is 0 Å². The van der Waals surface area contributed by atoms with Crippen molar-refractivity contribution in [3.05, 3.63) is 64.3 Å². The number of nitrogens with one attached hydrogen (secondary N) is 2. The van der Waals surface area contributed by atoms with Gasteiger partial charge >= 0.3 is 5.69 Å². The largest absolute Gasteiger partial charge is 0.352 e. The first kappa shape index (κ1) is 15.0. The van der Waals surface area contributed by atoms with Crippen molar-refractivity contribution in [1.29, 1.82) is 0 Å². The van der Waals surface area contributed by atoms with Crippen LogP contribution in [0.2, 0.25) is 5.02 Å². The van der Waals surface area contributed by atoms with E-state index >= 15 is 0 Å². The molecular formula is C15H13ClN6O. The topological polar surface area (TPSA) is 84.7 Å². The van der Waals surface area contributed by atoms with E-state index in [0.29, 0.717) is 16.4 Å². The highest BCUT2D eigenvalue weighted by Crippen LogP contribution is 2.25. The van der Waals surface area contributed by atoms with Crippen LogP contribution in [0.15, 0.2) is 53.6 Å². The molecule has 8 heteroatoms. The van der Waals surface area contributed by atoms with E-state index in [4.69, 9.17) is 11.6 Å². The maximum absolute atomic E-state index is 12.0. The zero-order valence-electron chi connectivity index (χ0n) is 12.2. The van der Waals surface area contributed by atoms with Gasteiger partial charge in [0.05, 0.1) is 10.7 Å². The van der Waals surface area contributed by atoms with Gasteiger partial charge in [-0.05, 0) is 24.3 Å². The molecule has 0 unspecified atom stereocenters. The smallest absolute Gasteiger partial charge is 0.298 e. The van der Waals surface area contributed by atoms with Crippen molar-refractivity contribution in [2.75, 3.05) is 10.9 Å². The van der Waals surface area contributed by atoms with Gasteiger partial charge < -0.3 is 0 Å². The Morgan fingerprint density at radius 3 is 2.52 bits per heavy atom. The molecule has 0 atom stereocenters. The van der Waals surface area contributed by atoms with Crippen LogP contribution in [0, 0.1) is 0 Å². The van der Waals surface area contributed by atoms with Gasteiger partial charge in [-0.1, -0.05) is 23.7 Å². The van der Waals surface area contributed by atoms with Crippen molar-refractivity contribution in [3.63, 3.8) is 0 Å². The lowest BCUT2D eigenvalue weighted by Crippen LogP contribution is -2.26. The van der Waals surface area contributed by atoms with Crippen LogP contribution in [0.4, 0.5) is 11.6 Å². The lowest BCUT2D eigenvalue weighted by molar-refractivity contribution is 0.786. The van der Waals surface area contributed by atoms with Gasteiger partial charge in [-0.25, -0.2) is 4.79 Å². The first-order chi connectivity index (χ1) is 11.1. The number of benzene rings is 1. The second-order valence-electron chi connectivity index (χ2n) is 4.68. The summed E-state index contributed by atoms with van der Waals surface area (Å²) in [5.74, 6) is 0.578. The molecule has 1 aromatic carbocycles. The Morgan fingerprint density at radius 1 is 1.04 bits per heavy atom. The molecule has 2 aromatic heterocycles. The van der Waals surface area contributed by atoms with Crippen molar-refractivity contribution in [2.24, 2.45) is 7.05 Å². The van der Waals surface area contributed by atoms with Crippen LogP contribution in [0.3, 0.4) is 0 Å². The molecule has 2 heterocycles. The van der Waals surface area contributed by atoms with Crippen LogP contribution in [-0.2, 0) is 7.05 Å². The summed E-state index contributed by atoms with van der Waals surface area (Å²) in [5, 5.41) is 0.509. The number of hydrazine groups is 1. The molecule has 0 saturated carbocycles. The molecule has 3 aromatic rings. The predicted octanol–water partition coefficient (Wildman–Crippen LogP) is 2.33. The van der Waals surface area contributed by atoms with Gasteiger partial charge in [-0.3, -0.25) is 20.4 Å². The van der Waals surface area contributed by atoms with E-state index in [1.54, 1.807) is 43.7 Å². The Balaban J connectivity index is 1.94. The molecule has 0 aliphatic heterocycles. The molecule has 0 fully saturated rings. The van der Waals surface area contributed by atoms with Crippen molar-refractivity contribution in [3.8, 4) is 11.4 Å². The lowest BCUT2D eigenvalue weighted by Gasteiger charge is -2.12. The Bertz CT molecular complexity index is 881. The molecule has 0 saturated heterocycles. The molecule has 0 aliphatic rings. The normalized spacial score (nSPS) is 10.3. The Labute approximate surface area is 137 Å². The molecule has 2 N–H and O–H groups in total. The third-order valence-electron chi connectivity index (χ3n) is 3.13. The summed E-state index contributed by atoms with van der Waals surface area (Å²) in [4.78, 5) is 24.2. The fourth-order valence-corrected chi connectivity index (χ4v) is 2.18. The van der Waals surface area contributed by atoms with Gasteiger partial charge in [0, 0.05) is 25.0 Å². The maximum Gasteiger partial charge on any atom is 0.352 e. The number of hydrogen-bond acceptors (Lipinski definition) is 6. The van der Waals surface area contributed by atoms with E-state index in [0.717, 1.165) is 5.69 Å². The average Bonchev–Trinajstić information content (AvgIpc) is 2.57. The summed E-state index contributed by atoms with van der Waals surface area (Å²) >= 11 is 6.19. The number of pyridine rings is 1. The summed E-state index contributed by atoms with van der Waals surface area (Å²) in [7, 11) is 1.60. The number of anilines is 2. The number of aromatic nitrogens is 4. The van der Waals surface area contributed by atoms with Gasteiger partial charge in [0.1, 0.15) is 5.82 Å². The summed E-state index contributed by atoms with van der Waals surface area (Å²) in [6, 6.07) is 10.7. The summed E-state index contributed by atoms with van der Waals surface area (Å²) in [6.45, 7) is 0. The highest BCUT2D eigenvalue weighted by molar-refractivity contribution is 6.33. The minimum Gasteiger partial charge on any atom is -0.298 e. The third-order valence-corrected chi connectivity index (χ3v) is 3.46. The molecule has 116 valence electrons. The van der Waals surface area contributed by atoms with Crippen LogP contribution in [0.5, 0.6) is 0 Å². The Morgan fingerprint density at radius 2 is 1.78 bits per heavy atom. The van der Waals surface area contributed by atoms with Crippen molar-refractivity contribution in [2.45, 2.75) is 0 Å². The number of nitrogens with zero attached hydrogens (tertiary/aromatic N) is 4. The van der Waals surface area contributed by atoms with Gasteiger partial charge in [0.2, 0.25) is 5.95 Å². The minimum absolute atomic E-state index is 0.153. The summed E-state index contributed by atoms with van der Waals surface area (Å²) in [5.41, 5.74) is 6.69. The molecule has 3 rings (SSSR count). The van der Waals surface area contributed by atoms with E-state index < -0.39 is 5.69 Å². The monoisotopic (exact) mass is 328 g/mol. The van der Waals surface area contributed by atoms with Crippen molar-refractivity contribution < 1.29 is 0 Å². The van der Waals surface area contributed by atoms with Gasteiger partial charge in [0.15, 0.2) is 0 Å². The SMILES string of the molecule is Cn1c(-c2ccccc2Cl)nc(NNc2ccncc2)nc1=O. The lowest BCUT2D eigenvalue weighted by atomic mass is 10.2. The number of halogens is 1. The van der Waals surface area contributed by atoms with Crippen LogP contribution in [-0.4, -0.2) is 19.5 Å². The molecule has 0 radical (unpaired) electrons. The second kappa shape index (κ2) is 6.45. The van der Waals surface area contributed by atoms with E-state index in [1.807, 2.05) is 12.1 Å². The van der Waals surface area contributed by atoms with Crippen LogP contribution in [0.25, 0.3) is 11.4 Å². The Kier molecular flexibility index (Phi) is 4.20. The van der Waals surface area contributed by atoms with Crippen molar-refractivity contribution >= 4 is 23.2 Å². The first-order valence-electron chi connectivity index (χ1n) is 6.77. The van der Waals surface area contributed by atoms with Crippen LogP contribution >= 0.6 is 11.6 Å².